The Morgan fingerprint density at radius 1 is 0.757 bits per heavy atom. The van der Waals surface area contributed by atoms with Gasteiger partial charge < -0.3 is 4.57 Å². The number of rotatable bonds is 14. The molecule has 0 aliphatic rings. The summed E-state index contributed by atoms with van der Waals surface area (Å²) in [7, 11) is 0. The van der Waals surface area contributed by atoms with Crippen molar-refractivity contribution in [2.24, 2.45) is 0 Å². The maximum Gasteiger partial charge on any atom is 0.277 e. The molecule has 2 heterocycles. The van der Waals surface area contributed by atoms with Crippen LogP contribution in [0.4, 0.5) is 0 Å². The maximum absolute atomic E-state index is 12.9. The molecular weight excluding hydrogens is 474 g/mol. The fraction of sp³-hybridized carbons (Fsp3) is 0.344. The van der Waals surface area contributed by atoms with E-state index in [0.717, 1.165) is 28.6 Å². The molecule has 4 rings (SSSR count). The van der Waals surface area contributed by atoms with Gasteiger partial charge in [0.15, 0.2) is 5.16 Å². The molecule has 0 spiro atoms. The van der Waals surface area contributed by atoms with Gasteiger partial charge in [-0.15, -0.1) is 0 Å². The molecule has 2 aromatic carbocycles. The molecule has 4 aromatic rings. The van der Waals surface area contributed by atoms with Gasteiger partial charge in [-0.2, -0.15) is 4.98 Å². The average molecular weight is 512 g/mol. The molecule has 37 heavy (non-hydrogen) atoms. The molecule has 0 amide bonds. The molecule has 5 heteroatoms. The first-order valence-electron chi connectivity index (χ1n) is 13.4. The van der Waals surface area contributed by atoms with E-state index in [1.54, 1.807) is 11.8 Å². The molecular formula is C32H37N3OS. The summed E-state index contributed by atoms with van der Waals surface area (Å²) in [6, 6.07) is 25.1. The first kappa shape index (κ1) is 26.9. The highest BCUT2D eigenvalue weighted by Gasteiger charge is 2.11. The fourth-order valence-corrected chi connectivity index (χ4v) is 5.38. The number of pyridine rings is 1. The summed E-state index contributed by atoms with van der Waals surface area (Å²) < 4.78 is 2.14. The Labute approximate surface area is 225 Å². The first-order chi connectivity index (χ1) is 18.2. The van der Waals surface area contributed by atoms with E-state index in [1.165, 1.54) is 49.7 Å². The van der Waals surface area contributed by atoms with Gasteiger partial charge in [-0.3, -0.25) is 9.78 Å². The van der Waals surface area contributed by atoms with E-state index in [2.05, 4.69) is 69.1 Å². The Balaban J connectivity index is 1.29. The minimum atomic E-state index is -0.134. The molecule has 0 atom stereocenters. The zero-order valence-electron chi connectivity index (χ0n) is 21.8. The number of aromatic nitrogens is 3. The molecule has 0 saturated carbocycles. The number of unbranched alkanes of at least 4 members (excludes halogenated alkanes) is 5. The topological polar surface area (TPSA) is 47.8 Å². The molecule has 0 aliphatic carbocycles. The van der Waals surface area contributed by atoms with E-state index in [0.29, 0.717) is 18.5 Å². The van der Waals surface area contributed by atoms with Crippen LogP contribution in [0.25, 0.3) is 0 Å². The maximum atomic E-state index is 12.9. The molecule has 2 aromatic heterocycles. The van der Waals surface area contributed by atoms with E-state index >= 15 is 0 Å². The fourth-order valence-electron chi connectivity index (χ4n) is 4.42. The molecule has 192 valence electrons. The predicted molar refractivity (Wildman–Crippen MR) is 154 cm³/mol. The molecule has 0 N–H and O–H groups in total. The summed E-state index contributed by atoms with van der Waals surface area (Å²) >= 11 is 1.70. The van der Waals surface area contributed by atoms with Crippen molar-refractivity contribution in [3.05, 3.63) is 123 Å². The van der Waals surface area contributed by atoms with Gasteiger partial charge in [0.05, 0.1) is 0 Å². The van der Waals surface area contributed by atoms with Crippen molar-refractivity contribution in [1.82, 2.24) is 14.5 Å². The van der Waals surface area contributed by atoms with Gasteiger partial charge in [0.25, 0.3) is 5.56 Å². The van der Waals surface area contributed by atoms with E-state index in [9.17, 15) is 4.79 Å². The molecule has 0 radical (unpaired) electrons. The SMILES string of the molecule is Cc1ccc(Cc2cn(Cc3ccccc3)c(SCCCCCCCCc3ccccc3)nc2=O)cn1. The van der Waals surface area contributed by atoms with Crippen LogP contribution in [0.1, 0.15) is 66.5 Å². The summed E-state index contributed by atoms with van der Waals surface area (Å²) in [6.45, 7) is 2.67. The largest absolute Gasteiger partial charge is 0.323 e. The van der Waals surface area contributed by atoms with E-state index < -0.39 is 0 Å². The van der Waals surface area contributed by atoms with Crippen LogP contribution in [-0.4, -0.2) is 20.3 Å². The normalized spacial score (nSPS) is 11.1. The van der Waals surface area contributed by atoms with Gasteiger partial charge in [0.1, 0.15) is 0 Å². The minimum absolute atomic E-state index is 0.134. The molecule has 0 fully saturated rings. The molecule has 0 unspecified atom stereocenters. The van der Waals surface area contributed by atoms with Crippen LogP contribution in [0.3, 0.4) is 0 Å². The van der Waals surface area contributed by atoms with Gasteiger partial charge >= 0.3 is 0 Å². The van der Waals surface area contributed by atoms with E-state index in [4.69, 9.17) is 0 Å². The highest BCUT2D eigenvalue weighted by molar-refractivity contribution is 7.99. The lowest BCUT2D eigenvalue weighted by Gasteiger charge is -2.14. The van der Waals surface area contributed by atoms with Crippen LogP contribution in [0, 0.1) is 6.92 Å². The van der Waals surface area contributed by atoms with Gasteiger partial charge in [-0.25, -0.2) is 0 Å². The summed E-state index contributed by atoms with van der Waals surface area (Å²) in [6.07, 6.45) is 13.0. The average Bonchev–Trinajstić information content (AvgIpc) is 2.92. The van der Waals surface area contributed by atoms with Crippen LogP contribution >= 0.6 is 11.8 Å². The molecule has 0 aliphatic heterocycles. The van der Waals surface area contributed by atoms with Crippen molar-refractivity contribution in [3.8, 4) is 0 Å². The van der Waals surface area contributed by atoms with Crippen LogP contribution in [0.15, 0.2) is 95.1 Å². The highest BCUT2D eigenvalue weighted by atomic mass is 32.2. The highest BCUT2D eigenvalue weighted by Crippen LogP contribution is 2.20. The van der Waals surface area contributed by atoms with Crippen molar-refractivity contribution in [2.75, 3.05) is 5.75 Å². The third kappa shape index (κ3) is 9.01. The standard InChI is InChI=1S/C32H37N3OS/c1-26-19-20-29(23-33-26)22-30-25-35(24-28-17-11-7-12-18-28)32(34-31(30)36)37-21-13-5-3-2-4-8-14-27-15-9-6-10-16-27/h6-7,9-12,15-20,23,25H,2-5,8,13-14,21-22,24H2,1H3. The zero-order chi connectivity index (χ0) is 25.7. The second-order valence-electron chi connectivity index (χ2n) is 9.66. The van der Waals surface area contributed by atoms with E-state index in [1.807, 2.05) is 37.5 Å². The minimum Gasteiger partial charge on any atom is -0.323 e. The van der Waals surface area contributed by atoms with Crippen molar-refractivity contribution in [3.63, 3.8) is 0 Å². The third-order valence-electron chi connectivity index (χ3n) is 6.53. The Bertz CT molecular complexity index is 1270. The van der Waals surface area contributed by atoms with Crippen molar-refractivity contribution in [1.29, 1.82) is 0 Å². The zero-order valence-corrected chi connectivity index (χ0v) is 22.6. The lowest BCUT2D eigenvalue weighted by Crippen LogP contribution is -2.20. The summed E-state index contributed by atoms with van der Waals surface area (Å²) in [5, 5.41) is 0.808. The molecule has 0 bridgehead atoms. The van der Waals surface area contributed by atoms with Crippen LogP contribution in [-0.2, 0) is 19.4 Å². The van der Waals surface area contributed by atoms with Gasteiger partial charge in [-0.1, -0.05) is 104 Å². The second kappa shape index (κ2) is 14.5. The smallest absolute Gasteiger partial charge is 0.277 e. The molecule has 0 saturated heterocycles. The Kier molecular flexibility index (Phi) is 10.6. The van der Waals surface area contributed by atoms with Crippen molar-refractivity contribution < 1.29 is 0 Å². The first-order valence-corrected chi connectivity index (χ1v) is 14.4. The van der Waals surface area contributed by atoms with Gasteiger partial charge in [-0.05, 0) is 48.9 Å². The van der Waals surface area contributed by atoms with Gasteiger partial charge in [0.2, 0.25) is 0 Å². The number of benzene rings is 2. The molecule has 4 nitrogen and oxygen atoms in total. The van der Waals surface area contributed by atoms with Crippen LogP contribution in [0.2, 0.25) is 0 Å². The summed E-state index contributed by atoms with van der Waals surface area (Å²) in [5.41, 5.74) is 5.22. The number of hydrogen-bond donors (Lipinski definition) is 0. The lowest BCUT2D eigenvalue weighted by atomic mass is 10.1. The van der Waals surface area contributed by atoms with Gasteiger partial charge in [0, 0.05) is 42.4 Å². The number of nitrogens with zero attached hydrogens (tertiary/aromatic N) is 3. The van der Waals surface area contributed by atoms with Crippen molar-refractivity contribution in [2.45, 2.75) is 70.0 Å². The van der Waals surface area contributed by atoms with Crippen molar-refractivity contribution >= 4 is 11.8 Å². The Morgan fingerprint density at radius 3 is 2.14 bits per heavy atom. The Morgan fingerprint density at radius 2 is 1.43 bits per heavy atom. The predicted octanol–water partition coefficient (Wildman–Crippen LogP) is 7.26. The van der Waals surface area contributed by atoms with E-state index in [-0.39, 0.29) is 5.56 Å². The monoisotopic (exact) mass is 511 g/mol. The number of aryl methyl sites for hydroxylation is 2. The number of thioether (sulfide) groups is 1. The number of hydrogen-bond acceptors (Lipinski definition) is 4. The third-order valence-corrected chi connectivity index (χ3v) is 7.60. The van der Waals surface area contributed by atoms with Crippen LogP contribution in [0.5, 0.6) is 0 Å². The van der Waals surface area contributed by atoms with Crippen LogP contribution < -0.4 is 5.56 Å². The quantitative estimate of drug-likeness (QED) is 0.102. The lowest BCUT2D eigenvalue weighted by molar-refractivity contribution is 0.608. The summed E-state index contributed by atoms with van der Waals surface area (Å²) in [4.78, 5) is 21.8. The second-order valence-corrected chi connectivity index (χ2v) is 10.7. The summed E-state index contributed by atoms with van der Waals surface area (Å²) in [5.74, 6) is 0.979. The Hall–Kier alpha value is -3.18.